The average molecular weight is 462 g/mol. The van der Waals surface area contributed by atoms with E-state index < -0.39 is 17.7 Å². The Kier molecular flexibility index (Phi) is 6.38. The van der Waals surface area contributed by atoms with Crippen molar-refractivity contribution in [3.05, 3.63) is 87.1 Å². The van der Waals surface area contributed by atoms with Crippen molar-refractivity contribution in [1.82, 2.24) is 0 Å². The number of ether oxygens (including phenoxy) is 1. The van der Waals surface area contributed by atoms with Crippen LogP contribution >= 0.6 is 11.3 Å². The Bertz CT molecular complexity index is 1230. The van der Waals surface area contributed by atoms with Crippen LogP contribution in [0.5, 0.6) is 5.75 Å². The maximum Gasteiger partial charge on any atom is 0.300 e. The Morgan fingerprint density at radius 3 is 2.45 bits per heavy atom. The number of aliphatic hydroxyl groups excluding tert-OH is 1. The molecule has 33 heavy (non-hydrogen) atoms. The van der Waals surface area contributed by atoms with E-state index in [1.807, 2.05) is 55.6 Å². The fourth-order valence-corrected chi connectivity index (χ4v) is 4.82. The zero-order chi connectivity index (χ0) is 23.7. The maximum absolute atomic E-state index is 13.2. The van der Waals surface area contributed by atoms with Crippen molar-refractivity contribution >= 4 is 34.5 Å². The zero-order valence-electron chi connectivity index (χ0n) is 19.2. The average Bonchev–Trinajstić information content (AvgIpc) is 3.40. The molecule has 1 aliphatic rings. The highest BCUT2D eigenvalue weighted by molar-refractivity contribution is 7.10. The van der Waals surface area contributed by atoms with Gasteiger partial charge in [0.15, 0.2) is 0 Å². The summed E-state index contributed by atoms with van der Waals surface area (Å²) >= 11 is 1.45. The first kappa shape index (κ1) is 22.8. The van der Waals surface area contributed by atoms with Gasteiger partial charge in [0, 0.05) is 16.1 Å². The number of nitrogens with zero attached hydrogens (tertiary/aromatic N) is 1. The molecule has 4 rings (SSSR count). The van der Waals surface area contributed by atoms with E-state index in [4.69, 9.17) is 4.74 Å². The highest BCUT2D eigenvalue weighted by atomic mass is 32.1. The number of para-hydroxylation sites is 1. The summed E-state index contributed by atoms with van der Waals surface area (Å²) in [6, 6.07) is 15.8. The Balaban J connectivity index is 1.83. The number of hydrogen-bond donors (Lipinski definition) is 1. The van der Waals surface area contributed by atoms with Gasteiger partial charge in [0.2, 0.25) is 0 Å². The molecular weight excluding hydrogens is 434 g/mol. The number of Topliss-reactive ketones (excluding diaryl/α,β-unsaturated/α-hetero) is 1. The molecule has 170 valence electrons. The van der Waals surface area contributed by atoms with E-state index in [0.717, 1.165) is 21.8 Å². The summed E-state index contributed by atoms with van der Waals surface area (Å²) in [6.07, 6.45) is 0. The molecule has 1 amide bonds. The van der Waals surface area contributed by atoms with Gasteiger partial charge in [0.25, 0.3) is 11.7 Å². The van der Waals surface area contributed by atoms with Crippen molar-refractivity contribution in [2.45, 2.75) is 33.7 Å². The van der Waals surface area contributed by atoms with Gasteiger partial charge in [-0.2, -0.15) is 0 Å². The number of carbonyl (C=O) groups excluding carboxylic acids is 2. The van der Waals surface area contributed by atoms with Crippen molar-refractivity contribution in [3.8, 4) is 5.75 Å². The lowest BCUT2D eigenvalue weighted by atomic mass is 9.98. The SMILES string of the molecule is Cc1cc(/C(O)=C2/C(=O)C(=O)N(c3ccccc3C)C2c2cccs2)ccc1OCC(C)C. The number of rotatable bonds is 6. The molecule has 0 saturated carbocycles. The molecule has 1 aliphatic heterocycles. The Morgan fingerprint density at radius 1 is 1.06 bits per heavy atom. The summed E-state index contributed by atoms with van der Waals surface area (Å²) in [4.78, 5) is 28.7. The summed E-state index contributed by atoms with van der Waals surface area (Å²) < 4.78 is 5.84. The fraction of sp³-hybridized carbons (Fsp3) is 0.259. The molecule has 0 spiro atoms. The number of carbonyl (C=O) groups is 2. The third kappa shape index (κ3) is 4.31. The van der Waals surface area contributed by atoms with Gasteiger partial charge in [-0.25, -0.2) is 0 Å². The molecule has 2 aromatic carbocycles. The second kappa shape index (κ2) is 9.24. The molecule has 1 aromatic heterocycles. The van der Waals surface area contributed by atoms with E-state index in [1.54, 1.807) is 18.2 Å². The first-order chi connectivity index (χ1) is 15.8. The van der Waals surface area contributed by atoms with Crippen LogP contribution in [0.15, 0.2) is 65.6 Å². The molecule has 1 unspecified atom stereocenters. The van der Waals surface area contributed by atoms with E-state index in [-0.39, 0.29) is 11.3 Å². The molecule has 0 aliphatic carbocycles. The maximum atomic E-state index is 13.2. The topological polar surface area (TPSA) is 66.8 Å². The molecule has 3 aromatic rings. The number of hydrogen-bond acceptors (Lipinski definition) is 5. The number of amides is 1. The van der Waals surface area contributed by atoms with Crippen LogP contribution in [0.2, 0.25) is 0 Å². The largest absolute Gasteiger partial charge is 0.507 e. The fourth-order valence-electron chi connectivity index (χ4n) is 4.00. The van der Waals surface area contributed by atoms with Gasteiger partial charge >= 0.3 is 0 Å². The van der Waals surface area contributed by atoms with E-state index in [9.17, 15) is 14.7 Å². The molecule has 0 bridgehead atoms. The number of anilines is 1. The van der Waals surface area contributed by atoms with Crippen LogP contribution in [0, 0.1) is 19.8 Å². The number of aryl methyl sites for hydroxylation is 2. The molecule has 0 radical (unpaired) electrons. The normalized spacial score (nSPS) is 17.7. The number of thiophene rings is 1. The third-order valence-corrected chi connectivity index (χ3v) is 6.58. The Hall–Kier alpha value is -3.38. The summed E-state index contributed by atoms with van der Waals surface area (Å²) in [5, 5.41) is 13.2. The predicted octanol–water partition coefficient (Wildman–Crippen LogP) is 6.03. The Labute approximate surface area is 197 Å². The summed E-state index contributed by atoms with van der Waals surface area (Å²) in [6.45, 7) is 8.54. The lowest BCUT2D eigenvalue weighted by molar-refractivity contribution is -0.132. The van der Waals surface area contributed by atoms with Crippen molar-refractivity contribution < 1.29 is 19.4 Å². The number of benzene rings is 2. The van der Waals surface area contributed by atoms with Crippen molar-refractivity contribution in [3.63, 3.8) is 0 Å². The minimum Gasteiger partial charge on any atom is -0.507 e. The van der Waals surface area contributed by atoms with Crippen LogP contribution in [0.1, 0.15) is 41.5 Å². The minimum absolute atomic E-state index is 0.0981. The van der Waals surface area contributed by atoms with Crippen LogP contribution in [0.4, 0.5) is 5.69 Å². The molecule has 2 heterocycles. The van der Waals surface area contributed by atoms with Crippen molar-refractivity contribution in [2.24, 2.45) is 5.92 Å². The number of aliphatic hydroxyl groups is 1. The molecule has 6 heteroatoms. The van der Waals surface area contributed by atoms with E-state index in [2.05, 4.69) is 13.8 Å². The quantitative estimate of drug-likeness (QED) is 0.277. The lowest BCUT2D eigenvalue weighted by Crippen LogP contribution is -2.29. The smallest absolute Gasteiger partial charge is 0.300 e. The van der Waals surface area contributed by atoms with E-state index in [1.165, 1.54) is 16.2 Å². The standard InChI is InChI=1S/C27H27NO4S/c1-16(2)15-32-21-12-11-19(14-18(21)4)25(29)23-24(22-10-7-13-33-22)28(27(31)26(23)30)20-9-6-5-8-17(20)3/h5-14,16,24,29H,15H2,1-4H3/b25-23-. The van der Waals surface area contributed by atoms with E-state index >= 15 is 0 Å². The first-order valence-corrected chi connectivity index (χ1v) is 11.8. The summed E-state index contributed by atoms with van der Waals surface area (Å²) in [5.74, 6) is -0.387. The molecule has 1 N–H and O–H groups in total. The molecule has 1 saturated heterocycles. The lowest BCUT2D eigenvalue weighted by Gasteiger charge is -2.25. The van der Waals surface area contributed by atoms with Crippen molar-refractivity contribution in [2.75, 3.05) is 11.5 Å². The molecule has 1 fully saturated rings. The van der Waals surface area contributed by atoms with Gasteiger partial charge in [-0.3, -0.25) is 14.5 Å². The van der Waals surface area contributed by atoms with Crippen molar-refractivity contribution in [1.29, 1.82) is 0 Å². The zero-order valence-corrected chi connectivity index (χ0v) is 20.0. The monoisotopic (exact) mass is 461 g/mol. The second-order valence-electron chi connectivity index (χ2n) is 8.66. The van der Waals surface area contributed by atoms with Crippen LogP contribution in [-0.2, 0) is 9.59 Å². The van der Waals surface area contributed by atoms with Gasteiger partial charge in [0.05, 0.1) is 12.2 Å². The van der Waals surface area contributed by atoms with E-state index in [0.29, 0.717) is 23.8 Å². The van der Waals surface area contributed by atoms with Crippen LogP contribution in [0.25, 0.3) is 5.76 Å². The van der Waals surface area contributed by atoms with Gasteiger partial charge < -0.3 is 9.84 Å². The second-order valence-corrected chi connectivity index (χ2v) is 9.64. The van der Waals surface area contributed by atoms with Gasteiger partial charge in [-0.1, -0.05) is 38.1 Å². The third-order valence-electron chi connectivity index (χ3n) is 5.65. The summed E-state index contributed by atoms with van der Waals surface area (Å²) in [5.41, 5.74) is 2.96. The first-order valence-electron chi connectivity index (χ1n) is 10.9. The van der Waals surface area contributed by atoms with Gasteiger partial charge in [0.1, 0.15) is 17.6 Å². The molecule has 5 nitrogen and oxygen atoms in total. The van der Waals surface area contributed by atoms with Crippen LogP contribution in [-0.4, -0.2) is 23.4 Å². The predicted molar refractivity (Wildman–Crippen MR) is 132 cm³/mol. The Morgan fingerprint density at radius 2 is 1.82 bits per heavy atom. The number of ketones is 1. The van der Waals surface area contributed by atoms with Gasteiger partial charge in [-0.05, 0) is 66.6 Å². The molecular formula is C27H27NO4S. The highest BCUT2D eigenvalue weighted by Crippen LogP contribution is 2.44. The minimum atomic E-state index is -0.691. The highest BCUT2D eigenvalue weighted by Gasteiger charge is 2.47. The molecule has 1 atom stereocenters. The summed E-state index contributed by atoms with van der Waals surface area (Å²) in [7, 11) is 0. The van der Waals surface area contributed by atoms with Crippen LogP contribution in [0.3, 0.4) is 0 Å². The van der Waals surface area contributed by atoms with Gasteiger partial charge in [-0.15, -0.1) is 11.3 Å². The van der Waals surface area contributed by atoms with Crippen LogP contribution < -0.4 is 9.64 Å².